The van der Waals surface area contributed by atoms with Crippen LogP contribution in [-0.4, -0.2) is 55.9 Å². The number of benzene rings is 2. The van der Waals surface area contributed by atoms with Crippen LogP contribution in [0.5, 0.6) is 0 Å². The summed E-state index contributed by atoms with van der Waals surface area (Å²) in [6, 6.07) is 12.7. The highest BCUT2D eigenvalue weighted by atomic mass is 79.9. The number of amides is 3. The molecule has 1 aliphatic rings. The first-order valence-corrected chi connectivity index (χ1v) is 11.0. The molecule has 0 saturated carbocycles. The van der Waals surface area contributed by atoms with Crippen molar-refractivity contribution in [1.82, 2.24) is 24.6 Å². The molecule has 4 rings (SSSR count). The molecule has 0 aliphatic carbocycles. The second-order valence-corrected chi connectivity index (χ2v) is 8.58. The second kappa shape index (κ2) is 9.04. The third kappa shape index (κ3) is 4.20. The van der Waals surface area contributed by atoms with Crippen LogP contribution in [0.1, 0.15) is 52.1 Å². The Morgan fingerprint density at radius 1 is 1.09 bits per heavy atom. The molecule has 9 heteroatoms. The van der Waals surface area contributed by atoms with Crippen molar-refractivity contribution in [3.63, 3.8) is 0 Å². The highest BCUT2D eigenvalue weighted by Gasteiger charge is 2.35. The van der Waals surface area contributed by atoms with Gasteiger partial charge in [-0.3, -0.25) is 19.3 Å². The molecule has 164 valence electrons. The summed E-state index contributed by atoms with van der Waals surface area (Å²) in [4.78, 5) is 44.6. The summed E-state index contributed by atoms with van der Waals surface area (Å²) in [5.41, 5.74) is 2.69. The molecule has 1 aliphatic heterocycles. The van der Waals surface area contributed by atoms with Crippen molar-refractivity contribution in [2.75, 3.05) is 13.6 Å². The predicted molar refractivity (Wildman–Crippen MR) is 121 cm³/mol. The van der Waals surface area contributed by atoms with Gasteiger partial charge in [-0.05, 0) is 49.2 Å². The maximum absolute atomic E-state index is 12.7. The van der Waals surface area contributed by atoms with Crippen LogP contribution in [0.3, 0.4) is 0 Å². The monoisotopic (exact) mass is 495 g/mol. The Bertz CT molecular complexity index is 1160. The van der Waals surface area contributed by atoms with E-state index < -0.39 is 0 Å². The van der Waals surface area contributed by atoms with Gasteiger partial charge in [0.15, 0.2) is 0 Å². The van der Waals surface area contributed by atoms with Crippen LogP contribution in [0.15, 0.2) is 59.6 Å². The molecule has 0 N–H and O–H groups in total. The maximum Gasteiger partial charge on any atom is 0.261 e. The SMILES string of the molecule is CC(c1ccc(-n2cncn2)cc1)N(C)C(=O)CCCN1C(=O)c2ccc(Br)cc2C1=O. The van der Waals surface area contributed by atoms with Crippen molar-refractivity contribution >= 4 is 33.7 Å². The Kier molecular flexibility index (Phi) is 6.18. The summed E-state index contributed by atoms with van der Waals surface area (Å²) in [5.74, 6) is -0.663. The van der Waals surface area contributed by atoms with E-state index in [-0.39, 0.29) is 36.7 Å². The van der Waals surface area contributed by atoms with Crippen LogP contribution in [0.2, 0.25) is 0 Å². The van der Waals surface area contributed by atoms with Crippen LogP contribution < -0.4 is 0 Å². The number of hydrogen-bond acceptors (Lipinski definition) is 5. The molecule has 2 heterocycles. The molecule has 8 nitrogen and oxygen atoms in total. The van der Waals surface area contributed by atoms with Gasteiger partial charge in [-0.25, -0.2) is 9.67 Å². The molecular formula is C23H22BrN5O3. The summed E-state index contributed by atoms with van der Waals surface area (Å²) in [6.07, 6.45) is 3.76. The molecule has 3 amide bonds. The van der Waals surface area contributed by atoms with Crippen LogP contribution in [0, 0.1) is 0 Å². The third-order valence-electron chi connectivity index (χ3n) is 5.74. The van der Waals surface area contributed by atoms with Crippen LogP contribution in [0.4, 0.5) is 0 Å². The molecule has 3 aromatic rings. The minimum Gasteiger partial charge on any atom is -0.339 e. The fraction of sp³-hybridized carbons (Fsp3) is 0.261. The van der Waals surface area contributed by atoms with Crippen molar-refractivity contribution in [3.05, 3.63) is 76.3 Å². The van der Waals surface area contributed by atoms with E-state index in [1.54, 1.807) is 41.2 Å². The molecule has 0 spiro atoms. The summed E-state index contributed by atoms with van der Waals surface area (Å²) in [7, 11) is 1.76. The number of fused-ring (bicyclic) bond motifs is 1. The maximum atomic E-state index is 12.7. The Hall–Kier alpha value is -3.33. The lowest BCUT2D eigenvalue weighted by Crippen LogP contribution is -2.33. The molecule has 2 aromatic carbocycles. The zero-order valence-electron chi connectivity index (χ0n) is 17.7. The number of hydrogen-bond donors (Lipinski definition) is 0. The smallest absolute Gasteiger partial charge is 0.261 e. The topological polar surface area (TPSA) is 88.4 Å². The van der Waals surface area contributed by atoms with Crippen molar-refractivity contribution in [1.29, 1.82) is 0 Å². The Morgan fingerprint density at radius 3 is 2.50 bits per heavy atom. The van der Waals surface area contributed by atoms with Crippen molar-refractivity contribution in [2.24, 2.45) is 0 Å². The lowest BCUT2D eigenvalue weighted by atomic mass is 10.1. The number of carbonyl (C=O) groups is 3. The lowest BCUT2D eigenvalue weighted by molar-refractivity contribution is -0.132. The number of halogens is 1. The minimum absolute atomic E-state index is 0.0443. The van der Waals surface area contributed by atoms with E-state index in [4.69, 9.17) is 0 Å². The average molecular weight is 496 g/mol. The summed E-state index contributed by atoms with van der Waals surface area (Å²) < 4.78 is 2.42. The summed E-state index contributed by atoms with van der Waals surface area (Å²) in [5, 5.41) is 4.11. The molecule has 0 saturated heterocycles. The normalized spacial score (nSPS) is 13.9. The zero-order valence-corrected chi connectivity index (χ0v) is 19.3. The Balaban J connectivity index is 1.32. The zero-order chi connectivity index (χ0) is 22.8. The van der Waals surface area contributed by atoms with Crippen molar-refractivity contribution < 1.29 is 14.4 Å². The van der Waals surface area contributed by atoms with Crippen LogP contribution in [0.25, 0.3) is 5.69 Å². The second-order valence-electron chi connectivity index (χ2n) is 7.67. The number of aromatic nitrogens is 3. The fourth-order valence-electron chi connectivity index (χ4n) is 3.72. The van der Waals surface area contributed by atoms with E-state index in [0.717, 1.165) is 15.7 Å². The van der Waals surface area contributed by atoms with Crippen molar-refractivity contribution in [3.8, 4) is 5.69 Å². The van der Waals surface area contributed by atoms with E-state index in [0.29, 0.717) is 17.5 Å². The Morgan fingerprint density at radius 2 is 1.81 bits per heavy atom. The number of rotatable bonds is 7. The van der Waals surface area contributed by atoms with Gasteiger partial charge in [-0.1, -0.05) is 28.1 Å². The minimum atomic E-state index is -0.312. The van der Waals surface area contributed by atoms with Gasteiger partial charge < -0.3 is 4.90 Å². The molecule has 32 heavy (non-hydrogen) atoms. The lowest BCUT2D eigenvalue weighted by Gasteiger charge is -2.26. The first-order valence-electron chi connectivity index (χ1n) is 10.2. The number of nitrogens with zero attached hydrogens (tertiary/aromatic N) is 5. The summed E-state index contributed by atoms with van der Waals surface area (Å²) >= 11 is 3.33. The van der Waals surface area contributed by atoms with Crippen molar-refractivity contribution in [2.45, 2.75) is 25.8 Å². The molecular weight excluding hydrogens is 474 g/mol. The molecule has 0 fully saturated rings. The van der Waals surface area contributed by atoms with E-state index in [2.05, 4.69) is 26.0 Å². The van der Waals surface area contributed by atoms with Gasteiger partial charge >= 0.3 is 0 Å². The quantitative estimate of drug-likeness (QED) is 0.467. The summed E-state index contributed by atoms with van der Waals surface area (Å²) in [6.45, 7) is 2.18. The van der Waals surface area contributed by atoms with Crippen LogP contribution in [-0.2, 0) is 4.79 Å². The molecule has 1 aromatic heterocycles. The molecule has 1 unspecified atom stereocenters. The van der Waals surface area contributed by atoms with E-state index >= 15 is 0 Å². The van der Waals surface area contributed by atoms with E-state index in [9.17, 15) is 14.4 Å². The van der Waals surface area contributed by atoms with Gasteiger partial charge in [0, 0.05) is 24.5 Å². The van der Waals surface area contributed by atoms with Crippen LogP contribution >= 0.6 is 15.9 Å². The van der Waals surface area contributed by atoms with E-state index in [1.165, 1.54) is 11.2 Å². The van der Waals surface area contributed by atoms with Gasteiger partial charge in [0.05, 0.1) is 22.9 Å². The van der Waals surface area contributed by atoms with Gasteiger partial charge in [0.25, 0.3) is 11.8 Å². The molecule has 1 atom stereocenters. The fourth-order valence-corrected chi connectivity index (χ4v) is 4.08. The highest BCUT2D eigenvalue weighted by Crippen LogP contribution is 2.26. The number of carbonyl (C=O) groups excluding carboxylic acids is 3. The van der Waals surface area contributed by atoms with Gasteiger partial charge in [-0.2, -0.15) is 5.10 Å². The standard InChI is InChI=1S/C23H22BrN5O3/c1-15(16-5-8-18(9-6-16)29-14-25-13-26-29)27(2)21(30)4-3-11-28-22(31)19-10-7-17(24)12-20(19)23(28)32/h5-10,12-15H,3-4,11H2,1-2H3. The van der Waals surface area contributed by atoms with Gasteiger partial charge in [-0.15, -0.1) is 0 Å². The van der Waals surface area contributed by atoms with Gasteiger partial charge in [0.2, 0.25) is 5.91 Å². The average Bonchev–Trinajstić information content (AvgIpc) is 3.41. The third-order valence-corrected chi connectivity index (χ3v) is 6.23. The van der Waals surface area contributed by atoms with E-state index in [1.807, 2.05) is 31.2 Å². The van der Waals surface area contributed by atoms with Gasteiger partial charge in [0.1, 0.15) is 12.7 Å². The first-order chi connectivity index (χ1) is 15.4. The largest absolute Gasteiger partial charge is 0.339 e. The highest BCUT2D eigenvalue weighted by molar-refractivity contribution is 9.10. The molecule has 0 radical (unpaired) electrons. The predicted octanol–water partition coefficient (Wildman–Crippen LogP) is 3.63. The number of imide groups is 1. The molecule has 0 bridgehead atoms. The first kappa shape index (κ1) is 21.9. The Labute approximate surface area is 194 Å².